The largest absolute Gasteiger partial charge is 0.329 e. The van der Waals surface area contributed by atoms with E-state index < -0.39 is 0 Å². The normalized spacial score (nSPS) is 15.4. The average molecular weight is 213 g/mol. The van der Waals surface area contributed by atoms with Gasteiger partial charge in [0.25, 0.3) is 0 Å². The van der Waals surface area contributed by atoms with Crippen LogP contribution in [0.4, 0.5) is 0 Å². The molecule has 0 radical (unpaired) electrons. The van der Waals surface area contributed by atoms with Gasteiger partial charge in [-0.3, -0.25) is 0 Å². The standard InChI is InChI=1S/C10H19N3S/c1-4-8(2)9(11)7-14-10-12-5-6-13(10)3/h5-6,8-9H,4,7,11H2,1-3H3/t8-,9+/m0/s1. The molecule has 0 saturated carbocycles. The SMILES string of the molecule is CC[C@H](C)[C@H](N)CSc1nccn1C. The molecule has 0 amide bonds. The Kier molecular flexibility index (Phi) is 4.48. The van der Waals surface area contributed by atoms with Crippen LogP contribution in [-0.4, -0.2) is 21.3 Å². The van der Waals surface area contributed by atoms with E-state index in [1.165, 1.54) is 0 Å². The average Bonchev–Trinajstić information content (AvgIpc) is 2.59. The van der Waals surface area contributed by atoms with Gasteiger partial charge in [-0.25, -0.2) is 4.98 Å². The molecule has 1 rings (SSSR count). The summed E-state index contributed by atoms with van der Waals surface area (Å²) in [6.45, 7) is 4.37. The first-order valence-corrected chi connectivity index (χ1v) is 5.99. The van der Waals surface area contributed by atoms with Crippen LogP contribution >= 0.6 is 11.8 Å². The number of aryl methyl sites for hydroxylation is 1. The maximum atomic E-state index is 6.04. The van der Waals surface area contributed by atoms with Gasteiger partial charge in [0, 0.05) is 31.2 Å². The highest BCUT2D eigenvalue weighted by molar-refractivity contribution is 7.99. The zero-order valence-corrected chi connectivity index (χ0v) is 9.92. The number of nitrogens with zero attached hydrogens (tertiary/aromatic N) is 2. The summed E-state index contributed by atoms with van der Waals surface area (Å²) in [5, 5.41) is 1.05. The molecule has 1 aromatic heterocycles. The lowest BCUT2D eigenvalue weighted by Gasteiger charge is -2.17. The molecular weight excluding hydrogens is 194 g/mol. The van der Waals surface area contributed by atoms with Crippen LogP contribution in [0.3, 0.4) is 0 Å². The van der Waals surface area contributed by atoms with Crippen molar-refractivity contribution in [2.75, 3.05) is 5.75 Å². The Morgan fingerprint density at radius 2 is 2.36 bits per heavy atom. The molecule has 0 aromatic carbocycles. The Morgan fingerprint density at radius 3 is 2.86 bits per heavy atom. The van der Waals surface area contributed by atoms with Gasteiger partial charge in [0.2, 0.25) is 0 Å². The Balaban J connectivity index is 2.37. The molecule has 0 aliphatic carbocycles. The zero-order valence-electron chi connectivity index (χ0n) is 9.10. The molecular formula is C10H19N3S. The van der Waals surface area contributed by atoms with E-state index in [0.29, 0.717) is 5.92 Å². The van der Waals surface area contributed by atoms with Crippen molar-refractivity contribution < 1.29 is 0 Å². The van der Waals surface area contributed by atoms with E-state index in [1.807, 2.05) is 24.0 Å². The number of nitrogens with two attached hydrogens (primary N) is 1. The fraction of sp³-hybridized carbons (Fsp3) is 0.700. The van der Waals surface area contributed by atoms with Crippen LogP contribution in [-0.2, 0) is 7.05 Å². The monoisotopic (exact) mass is 213 g/mol. The highest BCUT2D eigenvalue weighted by atomic mass is 32.2. The summed E-state index contributed by atoms with van der Waals surface area (Å²) in [4.78, 5) is 4.24. The second-order valence-electron chi connectivity index (χ2n) is 3.68. The van der Waals surface area contributed by atoms with E-state index in [0.717, 1.165) is 17.3 Å². The molecule has 14 heavy (non-hydrogen) atoms. The number of rotatable bonds is 5. The van der Waals surface area contributed by atoms with Crippen LogP contribution < -0.4 is 5.73 Å². The maximum Gasteiger partial charge on any atom is 0.167 e. The molecule has 0 unspecified atom stereocenters. The molecule has 80 valence electrons. The van der Waals surface area contributed by atoms with Crippen molar-refractivity contribution >= 4 is 11.8 Å². The Labute approximate surface area is 90.1 Å². The van der Waals surface area contributed by atoms with Crippen molar-refractivity contribution in [2.24, 2.45) is 18.7 Å². The summed E-state index contributed by atoms with van der Waals surface area (Å²) >= 11 is 1.73. The van der Waals surface area contributed by atoms with Crippen LogP contribution in [0.15, 0.2) is 17.6 Å². The van der Waals surface area contributed by atoms with Gasteiger partial charge in [0.05, 0.1) is 0 Å². The third kappa shape index (κ3) is 3.03. The quantitative estimate of drug-likeness (QED) is 0.760. The molecule has 2 N–H and O–H groups in total. The molecule has 0 aliphatic heterocycles. The third-order valence-corrected chi connectivity index (χ3v) is 3.76. The lowest BCUT2D eigenvalue weighted by atomic mass is 10.0. The van der Waals surface area contributed by atoms with Gasteiger partial charge in [0.1, 0.15) is 0 Å². The summed E-state index contributed by atoms with van der Waals surface area (Å²) in [5.74, 6) is 1.53. The topological polar surface area (TPSA) is 43.8 Å². The summed E-state index contributed by atoms with van der Waals surface area (Å²) in [7, 11) is 2.00. The van der Waals surface area contributed by atoms with Gasteiger partial charge in [-0.1, -0.05) is 32.0 Å². The van der Waals surface area contributed by atoms with Gasteiger partial charge in [-0.2, -0.15) is 0 Å². The number of thioether (sulfide) groups is 1. The molecule has 3 nitrogen and oxygen atoms in total. The van der Waals surface area contributed by atoms with Crippen molar-refractivity contribution in [2.45, 2.75) is 31.5 Å². The van der Waals surface area contributed by atoms with Gasteiger partial charge >= 0.3 is 0 Å². The Bertz CT molecular complexity index is 272. The number of imidazole rings is 1. The van der Waals surface area contributed by atoms with Gasteiger partial charge in [-0.15, -0.1) is 0 Å². The minimum atomic E-state index is 0.265. The third-order valence-electron chi connectivity index (χ3n) is 2.56. The van der Waals surface area contributed by atoms with Gasteiger partial charge in [-0.05, 0) is 5.92 Å². The van der Waals surface area contributed by atoms with Gasteiger partial charge < -0.3 is 10.3 Å². The first kappa shape index (κ1) is 11.6. The smallest absolute Gasteiger partial charge is 0.167 e. The van der Waals surface area contributed by atoms with Crippen molar-refractivity contribution in [3.8, 4) is 0 Å². The molecule has 0 fully saturated rings. The van der Waals surface area contributed by atoms with Crippen LogP contribution in [0.25, 0.3) is 0 Å². The van der Waals surface area contributed by atoms with Crippen molar-refractivity contribution in [3.63, 3.8) is 0 Å². The second-order valence-corrected chi connectivity index (χ2v) is 4.67. The highest BCUT2D eigenvalue weighted by Crippen LogP contribution is 2.18. The zero-order chi connectivity index (χ0) is 10.6. The first-order chi connectivity index (χ1) is 6.65. The second kappa shape index (κ2) is 5.41. The Morgan fingerprint density at radius 1 is 1.64 bits per heavy atom. The molecule has 0 bridgehead atoms. The van der Waals surface area contributed by atoms with Gasteiger partial charge in [0.15, 0.2) is 5.16 Å². The lowest BCUT2D eigenvalue weighted by Crippen LogP contribution is -2.30. The van der Waals surface area contributed by atoms with E-state index in [9.17, 15) is 0 Å². The summed E-state index contributed by atoms with van der Waals surface area (Å²) in [5.41, 5.74) is 6.04. The van der Waals surface area contributed by atoms with Crippen molar-refractivity contribution in [3.05, 3.63) is 12.4 Å². The molecule has 2 atom stereocenters. The fourth-order valence-electron chi connectivity index (χ4n) is 1.13. The molecule has 0 saturated heterocycles. The molecule has 1 heterocycles. The van der Waals surface area contributed by atoms with E-state index in [2.05, 4.69) is 18.8 Å². The molecule has 4 heteroatoms. The van der Waals surface area contributed by atoms with E-state index in [-0.39, 0.29) is 6.04 Å². The van der Waals surface area contributed by atoms with E-state index in [4.69, 9.17) is 5.73 Å². The highest BCUT2D eigenvalue weighted by Gasteiger charge is 2.11. The van der Waals surface area contributed by atoms with Crippen molar-refractivity contribution in [1.29, 1.82) is 0 Å². The molecule has 0 aliphatic rings. The Hall–Kier alpha value is -0.480. The van der Waals surface area contributed by atoms with Crippen LogP contribution in [0.2, 0.25) is 0 Å². The predicted octanol–water partition coefficient (Wildman–Crippen LogP) is 1.89. The van der Waals surface area contributed by atoms with Crippen molar-refractivity contribution in [1.82, 2.24) is 9.55 Å². The number of hydrogen-bond donors (Lipinski definition) is 1. The first-order valence-electron chi connectivity index (χ1n) is 5.00. The lowest BCUT2D eigenvalue weighted by molar-refractivity contribution is 0.475. The van der Waals surface area contributed by atoms with Crippen LogP contribution in [0.5, 0.6) is 0 Å². The summed E-state index contributed by atoms with van der Waals surface area (Å²) in [6, 6.07) is 0.265. The predicted molar refractivity (Wildman–Crippen MR) is 61.4 cm³/mol. The fourth-order valence-corrected chi connectivity index (χ4v) is 2.20. The van der Waals surface area contributed by atoms with Crippen LogP contribution in [0, 0.1) is 5.92 Å². The number of hydrogen-bond acceptors (Lipinski definition) is 3. The number of aromatic nitrogens is 2. The van der Waals surface area contributed by atoms with Crippen LogP contribution in [0.1, 0.15) is 20.3 Å². The minimum absolute atomic E-state index is 0.265. The van der Waals surface area contributed by atoms with E-state index >= 15 is 0 Å². The summed E-state index contributed by atoms with van der Waals surface area (Å²) < 4.78 is 2.02. The molecule has 0 spiro atoms. The molecule has 1 aromatic rings. The summed E-state index contributed by atoms with van der Waals surface area (Å²) in [6.07, 6.45) is 4.91. The minimum Gasteiger partial charge on any atom is -0.329 e. The maximum absolute atomic E-state index is 6.04. The van der Waals surface area contributed by atoms with E-state index in [1.54, 1.807) is 11.8 Å².